The first-order valence-electron chi connectivity index (χ1n) is 8.18. The van der Waals surface area contributed by atoms with E-state index < -0.39 is 0 Å². The standard InChI is InChI=1S/C17H25BrN2O3.ClH/c1-4-22-15-9-13(18)14(10-16(15)23-5-2)20-17(21)12-6-7-19-11(3)8-12;/h9-12,19H,4-8H2,1-3H3,(H,20,21);1H/t11-,12-;/m0./s1. The Morgan fingerprint density at radius 3 is 2.50 bits per heavy atom. The molecule has 1 aromatic rings. The molecule has 2 N–H and O–H groups in total. The molecule has 0 aliphatic carbocycles. The predicted molar refractivity (Wildman–Crippen MR) is 103 cm³/mol. The van der Waals surface area contributed by atoms with Crippen LogP contribution in [-0.2, 0) is 4.79 Å². The van der Waals surface area contributed by atoms with Crippen LogP contribution in [0.4, 0.5) is 5.69 Å². The van der Waals surface area contributed by atoms with Crippen LogP contribution in [-0.4, -0.2) is 31.7 Å². The third-order valence-electron chi connectivity index (χ3n) is 3.89. The molecule has 0 bridgehead atoms. The maximum absolute atomic E-state index is 12.5. The van der Waals surface area contributed by atoms with Gasteiger partial charge >= 0.3 is 0 Å². The predicted octanol–water partition coefficient (Wildman–Crippen LogP) is 3.99. The highest BCUT2D eigenvalue weighted by molar-refractivity contribution is 9.10. The summed E-state index contributed by atoms with van der Waals surface area (Å²) in [5.74, 6) is 1.42. The van der Waals surface area contributed by atoms with Crippen LogP contribution in [0.15, 0.2) is 16.6 Å². The molecule has 1 aliphatic heterocycles. The van der Waals surface area contributed by atoms with Crippen molar-refractivity contribution in [2.75, 3.05) is 25.1 Å². The number of nitrogens with one attached hydrogen (secondary N) is 2. The van der Waals surface area contributed by atoms with E-state index in [4.69, 9.17) is 9.47 Å². The van der Waals surface area contributed by atoms with Crippen molar-refractivity contribution in [3.05, 3.63) is 16.6 Å². The summed E-state index contributed by atoms with van der Waals surface area (Å²) in [6.07, 6.45) is 1.72. The molecule has 1 saturated heterocycles. The first kappa shape index (κ1) is 21.1. The zero-order valence-corrected chi connectivity index (χ0v) is 16.8. The first-order valence-corrected chi connectivity index (χ1v) is 8.97. The van der Waals surface area contributed by atoms with Crippen LogP contribution in [0, 0.1) is 5.92 Å². The van der Waals surface area contributed by atoms with Gasteiger partial charge in [-0.05, 0) is 56.1 Å². The summed E-state index contributed by atoms with van der Waals surface area (Å²) in [4.78, 5) is 12.5. The number of amides is 1. The molecule has 0 aromatic heterocycles. The summed E-state index contributed by atoms with van der Waals surface area (Å²) in [5.41, 5.74) is 0.716. The van der Waals surface area contributed by atoms with Gasteiger partial charge in [-0.15, -0.1) is 12.4 Å². The molecule has 2 rings (SSSR count). The van der Waals surface area contributed by atoms with Gasteiger partial charge in [0.1, 0.15) is 0 Å². The highest BCUT2D eigenvalue weighted by Crippen LogP contribution is 2.37. The number of carbonyl (C=O) groups is 1. The van der Waals surface area contributed by atoms with Crippen molar-refractivity contribution < 1.29 is 14.3 Å². The maximum atomic E-state index is 12.5. The van der Waals surface area contributed by atoms with Crippen molar-refractivity contribution in [2.24, 2.45) is 5.92 Å². The van der Waals surface area contributed by atoms with Crippen molar-refractivity contribution in [1.29, 1.82) is 0 Å². The molecule has 1 heterocycles. The topological polar surface area (TPSA) is 59.6 Å². The van der Waals surface area contributed by atoms with Gasteiger partial charge in [0.25, 0.3) is 0 Å². The average molecular weight is 422 g/mol. The average Bonchev–Trinajstić information content (AvgIpc) is 2.52. The molecule has 2 atom stereocenters. The molecular weight excluding hydrogens is 396 g/mol. The maximum Gasteiger partial charge on any atom is 0.227 e. The fraction of sp³-hybridized carbons (Fsp3) is 0.588. The Morgan fingerprint density at radius 2 is 1.92 bits per heavy atom. The Bertz CT molecular complexity index is 557. The third kappa shape index (κ3) is 5.53. The van der Waals surface area contributed by atoms with Crippen LogP contribution in [0.2, 0.25) is 0 Å². The number of rotatable bonds is 6. The lowest BCUT2D eigenvalue weighted by atomic mass is 9.92. The highest BCUT2D eigenvalue weighted by Gasteiger charge is 2.25. The Morgan fingerprint density at radius 1 is 1.29 bits per heavy atom. The van der Waals surface area contributed by atoms with E-state index in [1.54, 1.807) is 0 Å². The van der Waals surface area contributed by atoms with Crippen molar-refractivity contribution in [3.8, 4) is 11.5 Å². The number of hydrogen-bond acceptors (Lipinski definition) is 4. The zero-order valence-electron chi connectivity index (χ0n) is 14.4. The molecular formula is C17H26BrClN2O3. The van der Waals surface area contributed by atoms with Gasteiger partial charge in [0.05, 0.1) is 18.9 Å². The Labute approximate surface area is 158 Å². The lowest BCUT2D eigenvalue weighted by Crippen LogP contribution is -2.40. The number of carbonyl (C=O) groups excluding carboxylic acids is 1. The van der Waals surface area contributed by atoms with E-state index in [1.807, 2.05) is 26.0 Å². The van der Waals surface area contributed by atoms with Crippen molar-refractivity contribution in [1.82, 2.24) is 5.32 Å². The van der Waals surface area contributed by atoms with Gasteiger partial charge in [0.2, 0.25) is 5.91 Å². The van der Waals surface area contributed by atoms with E-state index in [-0.39, 0.29) is 24.2 Å². The van der Waals surface area contributed by atoms with E-state index in [1.165, 1.54) is 0 Å². The SMILES string of the molecule is CCOc1cc(Br)c(NC(=O)[C@H]2CCN[C@@H](C)C2)cc1OCC.Cl. The van der Waals surface area contributed by atoms with E-state index >= 15 is 0 Å². The van der Waals surface area contributed by atoms with Crippen molar-refractivity contribution in [2.45, 2.75) is 39.7 Å². The summed E-state index contributed by atoms with van der Waals surface area (Å²) in [7, 11) is 0. The van der Waals surface area contributed by atoms with E-state index in [0.29, 0.717) is 36.4 Å². The zero-order chi connectivity index (χ0) is 16.8. The Kier molecular flexibility index (Phi) is 8.87. The minimum absolute atomic E-state index is 0. The van der Waals surface area contributed by atoms with Crippen LogP contribution >= 0.6 is 28.3 Å². The van der Waals surface area contributed by atoms with Gasteiger partial charge in [-0.2, -0.15) is 0 Å². The Hall–Kier alpha value is -0.980. The molecule has 1 aliphatic rings. The van der Waals surface area contributed by atoms with E-state index in [0.717, 1.165) is 23.9 Å². The summed E-state index contributed by atoms with van der Waals surface area (Å²) < 4.78 is 12.0. The molecule has 1 amide bonds. The largest absolute Gasteiger partial charge is 0.490 e. The van der Waals surface area contributed by atoms with E-state index in [9.17, 15) is 4.79 Å². The lowest BCUT2D eigenvalue weighted by Gasteiger charge is -2.27. The number of ether oxygens (including phenoxy) is 2. The van der Waals surface area contributed by atoms with Gasteiger partial charge in [0.15, 0.2) is 11.5 Å². The number of anilines is 1. The second-order valence-electron chi connectivity index (χ2n) is 5.71. The van der Waals surface area contributed by atoms with Crippen LogP contribution < -0.4 is 20.1 Å². The van der Waals surface area contributed by atoms with Gasteiger partial charge in [-0.25, -0.2) is 0 Å². The molecule has 136 valence electrons. The fourth-order valence-electron chi connectivity index (χ4n) is 2.77. The summed E-state index contributed by atoms with van der Waals surface area (Å²) >= 11 is 3.50. The smallest absolute Gasteiger partial charge is 0.227 e. The van der Waals surface area contributed by atoms with Crippen LogP contribution in [0.25, 0.3) is 0 Å². The highest BCUT2D eigenvalue weighted by atomic mass is 79.9. The summed E-state index contributed by atoms with van der Waals surface area (Å²) in [6.45, 7) is 7.95. The molecule has 1 fully saturated rings. The van der Waals surface area contributed by atoms with Crippen molar-refractivity contribution in [3.63, 3.8) is 0 Å². The van der Waals surface area contributed by atoms with Gasteiger partial charge in [-0.1, -0.05) is 0 Å². The van der Waals surface area contributed by atoms with Crippen LogP contribution in [0.1, 0.15) is 33.6 Å². The second kappa shape index (κ2) is 10.1. The molecule has 0 unspecified atom stereocenters. The first-order chi connectivity index (χ1) is 11.0. The molecule has 0 spiro atoms. The summed E-state index contributed by atoms with van der Waals surface area (Å²) in [5, 5.41) is 6.38. The lowest BCUT2D eigenvalue weighted by molar-refractivity contribution is -0.120. The number of benzene rings is 1. The van der Waals surface area contributed by atoms with E-state index in [2.05, 4.69) is 33.5 Å². The normalized spacial score (nSPS) is 20.0. The number of hydrogen-bond donors (Lipinski definition) is 2. The Balaban J connectivity index is 0.00000288. The van der Waals surface area contributed by atoms with Crippen molar-refractivity contribution >= 4 is 39.9 Å². The quantitative estimate of drug-likeness (QED) is 0.729. The molecule has 0 saturated carbocycles. The number of halogens is 2. The second-order valence-corrected chi connectivity index (χ2v) is 6.56. The third-order valence-corrected chi connectivity index (χ3v) is 4.54. The molecule has 5 nitrogen and oxygen atoms in total. The van der Waals surface area contributed by atoms with Gasteiger partial charge in [-0.3, -0.25) is 4.79 Å². The molecule has 24 heavy (non-hydrogen) atoms. The molecule has 7 heteroatoms. The molecule has 1 aromatic carbocycles. The minimum Gasteiger partial charge on any atom is -0.490 e. The summed E-state index contributed by atoms with van der Waals surface area (Å²) in [6, 6.07) is 4.04. The minimum atomic E-state index is 0. The fourth-order valence-corrected chi connectivity index (χ4v) is 3.19. The van der Waals surface area contributed by atoms with Crippen LogP contribution in [0.5, 0.6) is 11.5 Å². The number of piperidine rings is 1. The van der Waals surface area contributed by atoms with Gasteiger partial charge in [0, 0.05) is 28.6 Å². The van der Waals surface area contributed by atoms with Gasteiger partial charge < -0.3 is 20.1 Å². The monoisotopic (exact) mass is 420 g/mol. The van der Waals surface area contributed by atoms with Crippen LogP contribution in [0.3, 0.4) is 0 Å². The molecule has 0 radical (unpaired) electrons.